The summed E-state index contributed by atoms with van der Waals surface area (Å²) in [6.07, 6.45) is 0.711. The van der Waals surface area contributed by atoms with Crippen molar-refractivity contribution in [1.29, 1.82) is 0 Å². The molecule has 30 heavy (non-hydrogen) atoms. The van der Waals surface area contributed by atoms with E-state index in [1.54, 1.807) is 30.3 Å². The molecule has 1 heterocycles. The van der Waals surface area contributed by atoms with Crippen molar-refractivity contribution in [1.82, 2.24) is 0 Å². The number of fused-ring (bicyclic) bond motifs is 1. The van der Waals surface area contributed by atoms with Crippen LogP contribution in [0.3, 0.4) is 0 Å². The van der Waals surface area contributed by atoms with Gasteiger partial charge < -0.3 is 9.84 Å². The van der Waals surface area contributed by atoms with Crippen molar-refractivity contribution in [2.24, 2.45) is 0 Å². The molecule has 1 N–H and O–H groups in total. The van der Waals surface area contributed by atoms with E-state index < -0.39 is 11.8 Å². The highest BCUT2D eigenvalue weighted by atomic mass is 16.5. The largest absolute Gasteiger partial charge is 0.506 e. The highest BCUT2D eigenvalue weighted by Gasteiger charge is 2.38. The van der Waals surface area contributed by atoms with Gasteiger partial charge in [-0.05, 0) is 37.1 Å². The number of Topliss-reactive ketones (excluding diaryl/α,β-unsaturated/α-hetero) is 1. The number of carbonyl (C=O) groups excluding carboxylic acids is 4. The summed E-state index contributed by atoms with van der Waals surface area (Å²) in [4.78, 5) is 49.0. The number of carbonyl (C=O) groups is 4. The molecule has 154 valence electrons. The Kier molecular flexibility index (Phi) is 5.82. The summed E-state index contributed by atoms with van der Waals surface area (Å²) >= 11 is 0. The Hall–Kier alpha value is -3.74. The summed E-state index contributed by atoms with van der Waals surface area (Å²) < 4.78 is 4.62. The fourth-order valence-corrected chi connectivity index (χ4v) is 3.35. The van der Waals surface area contributed by atoms with Gasteiger partial charge in [-0.25, -0.2) is 4.90 Å². The lowest BCUT2D eigenvalue weighted by atomic mass is 9.98. The van der Waals surface area contributed by atoms with E-state index in [0.717, 1.165) is 10.5 Å². The third-order valence-corrected chi connectivity index (χ3v) is 4.95. The molecule has 2 aromatic rings. The molecule has 0 saturated heterocycles. The Morgan fingerprint density at radius 3 is 2.20 bits per heavy atom. The van der Waals surface area contributed by atoms with E-state index in [-0.39, 0.29) is 29.5 Å². The highest BCUT2D eigenvalue weighted by molar-refractivity contribution is 6.42. The van der Waals surface area contributed by atoms with Crippen LogP contribution in [0.4, 0.5) is 5.69 Å². The lowest BCUT2D eigenvalue weighted by Crippen LogP contribution is -2.31. The number of hydrogen-bond donors (Lipinski definition) is 1. The first-order chi connectivity index (χ1) is 14.2. The number of anilines is 1. The first kappa shape index (κ1) is 21.0. The molecular weight excluding hydrogens is 386 g/mol. The number of amides is 2. The fourth-order valence-electron chi connectivity index (χ4n) is 3.35. The van der Waals surface area contributed by atoms with Crippen LogP contribution in [0.25, 0.3) is 11.3 Å². The molecule has 0 aliphatic carbocycles. The number of benzene rings is 2. The maximum absolute atomic E-state index is 12.9. The molecular formula is C23H21NO6. The Balaban J connectivity index is 2.03. The van der Waals surface area contributed by atoms with Crippen LogP contribution in [0.1, 0.15) is 47.3 Å². The molecule has 0 atom stereocenters. The van der Waals surface area contributed by atoms with E-state index in [9.17, 15) is 24.3 Å². The molecule has 2 amide bonds. The number of aryl methyl sites for hydroxylation is 1. The average Bonchev–Trinajstić information content (AvgIpc) is 3.02. The zero-order valence-electron chi connectivity index (χ0n) is 16.9. The fraction of sp³-hybridized carbons (Fsp3) is 0.217. The Bertz CT molecular complexity index is 1080. The summed E-state index contributed by atoms with van der Waals surface area (Å²) in [6, 6.07) is 11.3. The number of esters is 1. The first-order valence-corrected chi connectivity index (χ1v) is 9.34. The molecule has 0 radical (unpaired) electrons. The van der Waals surface area contributed by atoms with Crippen LogP contribution in [0.2, 0.25) is 0 Å². The molecule has 0 fully saturated rings. The molecule has 7 nitrogen and oxygen atoms in total. The number of hydrogen-bond acceptors (Lipinski definition) is 6. The van der Waals surface area contributed by atoms with Crippen molar-refractivity contribution >= 4 is 40.6 Å². The van der Waals surface area contributed by atoms with Gasteiger partial charge in [0.25, 0.3) is 5.91 Å². The molecule has 3 rings (SSSR count). The van der Waals surface area contributed by atoms with Crippen molar-refractivity contribution in [3.8, 4) is 0 Å². The second-order valence-corrected chi connectivity index (χ2v) is 6.94. The second-order valence-electron chi connectivity index (χ2n) is 6.94. The van der Waals surface area contributed by atoms with Gasteiger partial charge in [0.15, 0.2) is 5.78 Å². The molecule has 0 unspecified atom stereocenters. The van der Waals surface area contributed by atoms with Crippen LogP contribution in [-0.2, 0) is 25.5 Å². The van der Waals surface area contributed by atoms with Gasteiger partial charge >= 0.3 is 5.97 Å². The topological polar surface area (TPSA) is 101 Å². The SMILES string of the molecule is COC(=O)CCc1ccc(/C(O)=C2/C(=O)N(C(C)=O)c3ccc(C(C)=O)cc32)cc1. The summed E-state index contributed by atoms with van der Waals surface area (Å²) in [5.74, 6) is -1.93. The second kappa shape index (κ2) is 8.32. The van der Waals surface area contributed by atoms with Crippen LogP contribution in [0, 0.1) is 0 Å². The third kappa shape index (κ3) is 3.87. The van der Waals surface area contributed by atoms with E-state index in [4.69, 9.17) is 0 Å². The van der Waals surface area contributed by atoms with Gasteiger partial charge in [0.1, 0.15) is 5.76 Å². The molecule has 1 aliphatic rings. The lowest BCUT2D eigenvalue weighted by Gasteiger charge is -2.12. The summed E-state index contributed by atoms with van der Waals surface area (Å²) in [5, 5.41) is 10.9. The van der Waals surface area contributed by atoms with Gasteiger partial charge in [0.2, 0.25) is 5.91 Å². The molecule has 0 spiro atoms. The smallest absolute Gasteiger partial charge is 0.305 e. The van der Waals surface area contributed by atoms with Crippen molar-refractivity contribution in [3.63, 3.8) is 0 Å². The lowest BCUT2D eigenvalue weighted by molar-refractivity contribution is -0.140. The Morgan fingerprint density at radius 1 is 1.00 bits per heavy atom. The average molecular weight is 407 g/mol. The van der Waals surface area contributed by atoms with Gasteiger partial charge in [-0.1, -0.05) is 24.3 Å². The first-order valence-electron chi connectivity index (χ1n) is 9.34. The number of imide groups is 1. The van der Waals surface area contributed by atoms with Crippen molar-refractivity contribution in [2.45, 2.75) is 26.7 Å². The maximum Gasteiger partial charge on any atom is 0.305 e. The summed E-state index contributed by atoms with van der Waals surface area (Å²) in [6.45, 7) is 2.66. The molecule has 0 aromatic heterocycles. The minimum atomic E-state index is -0.648. The van der Waals surface area contributed by atoms with Crippen molar-refractivity contribution in [2.75, 3.05) is 12.0 Å². The van der Waals surface area contributed by atoms with Crippen LogP contribution >= 0.6 is 0 Å². The molecule has 0 bridgehead atoms. The number of aliphatic hydroxyl groups is 1. The number of ether oxygens (including phenoxy) is 1. The number of nitrogens with zero attached hydrogens (tertiary/aromatic N) is 1. The summed E-state index contributed by atoms with van der Waals surface area (Å²) in [7, 11) is 1.33. The number of methoxy groups -OCH3 is 1. The van der Waals surface area contributed by atoms with Crippen molar-refractivity contribution < 1.29 is 29.0 Å². The van der Waals surface area contributed by atoms with Crippen LogP contribution in [0.15, 0.2) is 42.5 Å². The van der Waals surface area contributed by atoms with Gasteiger partial charge in [0, 0.05) is 30.0 Å². The van der Waals surface area contributed by atoms with Crippen molar-refractivity contribution in [3.05, 3.63) is 64.7 Å². The number of aliphatic hydroxyl groups excluding tert-OH is 1. The van der Waals surface area contributed by atoms with Gasteiger partial charge in [-0.2, -0.15) is 0 Å². The minimum Gasteiger partial charge on any atom is -0.506 e. The van der Waals surface area contributed by atoms with E-state index >= 15 is 0 Å². The zero-order chi connectivity index (χ0) is 22.0. The van der Waals surface area contributed by atoms with E-state index in [0.29, 0.717) is 28.8 Å². The molecule has 2 aromatic carbocycles. The van der Waals surface area contributed by atoms with Gasteiger partial charge in [-0.3, -0.25) is 19.2 Å². The monoisotopic (exact) mass is 407 g/mol. The normalized spacial score (nSPS) is 14.4. The molecule has 7 heteroatoms. The van der Waals surface area contributed by atoms with Gasteiger partial charge in [-0.15, -0.1) is 0 Å². The molecule has 1 aliphatic heterocycles. The Morgan fingerprint density at radius 2 is 1.63 bits per heavy atom. The minimum absolute atomic E-state index is 0.0365. The zero-order valence-corrected chi connectivity index (χ0v) is 16.9. The van der Waals surface area contributed by atoms with Gasteiger partial charge in [0.05, 0.1) is 18.4 Å². The maximum atomic E-state index is 12.9. The van der Waals surface area contributed by atoms with Crippen LogP contribution in [0.5, 0.6) is 0 Å². The highest BCUT2D eigenvalue weighted by Crippen LogP contribution is 2.40. The van der Waals surface area contributed by atoms with E-state index in [2.05, 4.69) is 4.74 Å². The number of rotatable bonds is 5. The molecule has 0 saturated carbocycles. The van der Waals surface area contributed by atoms with Crippen LogP contribution < -0.4 is 4.90 Å². The third-order valence-electron chi connectivity index (χ3n) is 4.95. The standard InChI is InChI=1S/C23H21NO6/c1-13(25)17-9-10-19-18(12-17)21(23(29)24(19)14(2)26)22(28)16-7-4-15(5-8-16)6-11-20(27)30-3/h4-5,7-10,12,28H,6,11H2,1-3H3/b22-21-. The van der Waals surface area contributed by atoms with E-state index in [1.807, 2.05) is 0 Å². The number of ketones is 1. The Labute approximate surface area is 173 Å². The quantitative estimate of drug-likeness (QED) is 0.353. The predicted molar refractivity (Wildman–Crippen MR) is 111 cm³/mol. The van der Waals surface area contributed by atoms with E-state index in [1.165, 1.54) is 33.1 Å². The predicted octanol–water partition coefficient (Wildman–Crippen LogP) is 3.31. The van der Waals surface area contributed by atoms with Crippen LogP contribution in [-0.4, -0.2) is 35.8 Å². The summed E-state index contributed by atoms with van der Waals surface area (Å²) in [5.41, 5.74) is 2.24.